The minimum atomic E-state index is -0.682. The number of carboxylic acids is 1. The molecule has 1 fully saturated rings. The molecule has 5 nitrogen and oxygen atoms in total. The number of aliphatic carboxylic acids is 1. The molecule has 1 aromatic rings. The van der Waals surface area contributed by atoms with Crippen LogP contribution in [0.2, 0.25) is 0 Å². The molecule has 1 saturated carbocycles. The van der Waals surface area contributed by atoms with Gasteiger partial charge in [0.15, 0.2) is 0 Å². The lowest BCUT2D eigenvalue weighted by Gasteiger charge is -2.24. The van der Waals surface area contributed by atoms with Crippen molar-refractivity contribution >= 4 is 5.97 Å². The zero-order chi connectivity index (χ0) is 9.97. The third kappa shape index (κ3) is 1.76. The molecule has 1 heterocycles. The van der Waals surface area contributed by atoms with Gasteiger partial charge in [0.05, 0.1) is 17.8 Å². The van der Waals surface area contributed by atoms with Crippen molar-refractivity contribution in [3.8, 4) is 0 Å². The van der Waals surface area contributed by atoms with Crippen LogP contribution < -0.4 is 0 Å². The van der Waals surface area contributed by atoms with E-state index in [0.717, 1.165) is 25.0 Å². The highest BCUT2D eigenvalue weighted by molar-refractivity contribution is 5.70. The van der Waals surface area contributed by atoms with E-state index in [1.165, 1.54) is 0 Å². The second-order valence-electron chi connectivity index (χ2n) is 3.79. The average Bonchev–Trinajstić information content (AvgIpc) is 2.71. The fourth-order valence-electron chi connectivity index (χ4n) is 2.09. The first kappa shape index (κ1) is 9.18. The Kier molecular flexibility index (Phi) is 2.47. The molecule has 1 aliphatic carbocycles. The van der Waals surface area contributed by atoms with Crippen molar-refractivity contribution in [3.63, 3.8) is 0 Å². The normalized spacial score (nSPS) is 27.4. The molecular formula is C9H13N3O2. The second-order valence-corrected chi connectivity index (χ2v) is 3.79. The molecule has 0 saturated heterocycles. The van der Waals surface area contributed by atoms with Crippen molar-refractivity contribution in [1.29, 1.82) is 0 Å². The lowest BCUT2D eigenvalue weighted by molar-refractivity contribution is -0.143. The van der Waals surface area contributed by atoms with Gasteiger partial charge < -0.3 is 5.11 Å². The molecule has 2 N–H and O–H groups in total. The Hall–Kier alpha value is -1.39. The molecule has 0 amide bonds. The Labute approximate surface area is 81.5 Å². The van der Waals surface area contributed by atoms with Crippen LogP contribution in [0.3, 0.4) is 0 Å². The molecule has 5 heteroatoms. The summed E-state index contributed by atoms with van der Waals surface area (Å²) in [6.07, 6.45) is 5.17. The summed E-state index contributed by atoms with van der Waals surface area (Å²) in [7, 11) is 0. The predicted molar refractivity (Wildman–Crippen MR) is 48.7 cm³/mol. The van der Waals surface area contributed by atoms with E-state index >= 15 is 0 Å². The van der Waals surface area contributed by atoms with E-state index in [-0.39, 0.29) is 11.8 Å². The minimum Gasteiger partial charge on any atom is -0.481 e. The number of aromatic nitrogens is 3. The highest BCUT2D eigenvalue weighted by Crippen LogP contribution is 2.34. The van der Waals surface area contributed by atoms with E-state index in [1.807, 2.05) is 0 Å². The van der Waals surface area contributed by atoms with E-state index in [4.69, 9.17) is 5.11 Å². The first-order valence-electron chi connectivity index (χ1n) is 4.86. The number of carboxylic acid groups (broad SMARTS) is 1. The first-order chi connectivity index (χ1) is 6.77. The van der Waals surface area contributed by atoms with Crippen molar-refractivity contribution in [2.24, 2.45) is 5.92 Å². The van der Waals surface area contributed by atoms with Gasteiger partial charge in [-0.05, 0) is 19.3 Å². The van der Waals surface area contributed by atoms with Gasteiger partial charge in [-0.2, -0.15) is 15.4 Å². The number of hydrogen-bond acceptors (Lipinski definition) is 3. The predicted octanol–water partition coefficient (Wildman–Crippen LogP) is 1.16. The number of carbonyl (C=O) groups is 1. The maximum Gasteiger partial charge on any atom is 0.306 e. The number of hydrogen-bond donors (Lipinski definition) is 2. The first-order valence-corrected chi connectivity index (χ1v) is 4.86. The van der Waals surface area contributed by atoms with Crippen LogP contribution >= 0.6 is 0 Å². The topological polar surface area (TPSA) is 78.9 Å². The third-order valence-corrected chi connectivity index (χ3v) is 2.88. The number of H-pyrrole nitrogens is 1. The van der Waals surface area contributed by atoms with Crippen LogP contribution in [0.4, 0.5) is 0 Å². The van der Waals surface area contributed by atoms with Gasteiger partial charge in [-0.3, -0.25) is 4.79 Å². The van der Waals surface area contributed by atoms with Crippen LogP contribution in [-0.2, 0) is 4.79 Å². The van der Waals surface area contributed by atoms with Gasteiger partial charge in [-0.25, -0.2) is 0 Å². The molecule has 2 rings (SSSR count). The Morgan fingerprint density at radius 3 is 3.07 bits per heavy atom. The quantitative estimate of drug-likeness (QED) is 0.742. The zero-order valence-corrected chi connectivity index (χ0v) is 7.81. The fraction of sp³-hybridized carbons (Fsp3) is 0.667. The molecule has 2 atom stereocenters. The molecule has 0 bridgehead atoms. The molecule has 1 aliphatic rings. The molecule has 76 valence electrons. The lowest BCUT2D eigenvalue weighted by Crippen LogP contribution is -2.21. The smallest absolute Gasteiger partial charge is 0.306 e. The summed E-state index contributed by atoms with van der Waals surface area (Å²) in [4.78, 5) is 10.8. The van der Waals surface area contributed by atoms with E-state index in [1.54, 1.807) is 6.20 Å². The number of rotatable bonds is 2. The summed E-state index contributed by atoms with van der Waals surface area (Å²) in [6.45, 7) is 0. The zero-order valence-electron chi connectivity index (χ0n) is 7.81. The number of nitrogens with zero attached hydrogens (tertiary/aromatic N) is 2. The molecule has 0 radical (unpaired) electrons. The van der Waals surface area contributed by atoms with Gasteiger partial charge in [0.2, 0.25) is 0 Å². The van der Waals surface area contributed by atoms with Crippen LogP contribution in [0.1, 0.15) is 37.3 Å². The average molecular weight is 195 g/mol. The summed E-state index contributed by atoms with van der Waals surface area (Å²) >= 11 is 0. The Balaban J connectivity index is 2.04. The Morgan fingerprint density at radius 1 is 1.57 bits per heavy atom. The van der Waals surface area contributed by atoms with Gasteiger partial charge >= 0.3 is 5.97 Å². The van der Waals surface area contributed by atoms with Crippen LogP contribution in [0.15, 0.2) is 6.20 Å². The molecule has 0 aromatic carbocycles. The van der Waals surface area contributed by atoms with Gasteiger partial charge in [0.25, 0.3) is 0 Å². The van der Waals surface area contributed by atoms with Crippen LogP contribution in [0.25, 0.3) is 0 Å². The van der Waals surface area contributed by atoms with Crippen LogP contribution in [0, 0.1) is 5.92 Å². The summed E-state index contributed by atoms with van der Waals surface area (Å²) < 4.78 is 0. The summed E-state index contributed by atoms with van der Waals surface area (Å²) in [5.74, 6) is -0.618. The second kappa shape index (κ2) is 3.77. The Bertz CT molecular complexity index is 310. The van der Waals surface area contributed by atoms with E-state index in [2.05, 4.69) is 15.4 Å². The minimum absolute atomic E-state index is 0.203. The highest BCUT2D eigenvalue weighted by atomic mass is 16.4. The fourth-order valence-corrected chi connectivity index (χ4v) is 2.09. The number of nitrogens with one attached hydrogen (secondary N) is 1. The monoisotopic (exact) mass is 195 g/mol. The molecule has 0 spiro atoms. The molecule has 0 aliphatic heterocycles. The van der Waals surface area contributed by atoms with E-state index < -0.39 is 5.97 Å². The van der Waals surface area contributed by atoms with Crippen molar-refractivity contribution in [2.75, 3.05) is 0 Å². The van der Waals surface area contributed by atoms with Gasteiger partial charge in [-0.1, -0.05) is 6.42 Å². The maximum absolute atomic E-state index is 10.8. The van der Waals surface area contributed by atoms with Crippen LogP contribution in [0.5, 0.6) is 0 Å². The van der Waals surface area contributed by atoms with Gasteiger partial charge in [-0.15, -0.1) is 0 Å². The number of aromatic amines is 1. The van der Waals surface area contributed by atoms with E-state index in [0.29, 0.717) is 6.42 Å². The van der Waals surface area contributed by atoms with Crippen LogP contribution in [-0.4, -0.2) is 26.5 Å². The molecular weight excluding hydrogens is 182 g/mol. The molecule has 1 aromatic heterocycles. The molecule has 14 heavy (non-hydrogen) atoms. The third-order valence-electron chi connectivity index (χ3n) is 2.88. The highest BCUT2D eigenvalue weighted by Gasteiger charge is 2.28. The molecule has 2 unspecified atom stereocenters. The standard InChI is InChI=1S/C9H13N3O2/c13-9(14)7-3-1-2-6(4-7)8-5-10-12-11-8/h5-7H,1-4H2,(H,13,14)(H,10,11,12). The SMILES string of the molecule is O=C(O)C1CCCC(c2cn[nH]n2)C1. The van der Waals surface area contributed by atoms with Gasteiger partial charge in [0, 0.05) is 5.92 Å². The van der Waals surface area contributed by atoms with Crippen molar-refractivity contribution in [1.82, 2.24) is 15.4 Å². The summed E-state index contributed by atoms with van der Waals surface area (Å²) in [5.41, 5.74) is 0.899. The lowest BCUT2D eigenvalue weighted by atomic mass is 9.80. The van der Waals surface area contributed by atoms with Crippen molar-refractivity contribution < 1.29 is 9.90 Å². The maximum atomic E-state index is 10.8. The van der Waals surface area contributed by atoms with Gasteiger partial charge in [0.1, 0.15) is 0 Å². The van der Waals surface area contributed by atoms with Crippen molar-refractivity contribution in [3.05, 3.63) is 11.9 Å². The van der Waals surface area contributed by atoms with E-state index in [9.17, 15) is 4.79 Å². The Morgan fingerprint density at radius 2 is 2.43 bits per heavy atom. The summed E-state index contributed by atoms with van der Waals surface area (Å²) in [5, 5.41) is 19.2. The summed E-state index contributed by atoms with van der Waals surface area (Å²) in [6, 6.07) is 0. The largest absolute Gasteiger partial charge is 0.481 e. The van der Waals surface area contributed by atoms with Crippen molar-refractivity contribution in [2.45, 2.75) is 31.6 Å².